The lowest BCUT2D eigenvalue weighted by Crippen LogP contribution is -2.02. The average molecular weight is 318 g/mol. The van der Waals surface area contributed by atoms with E-state index >= 15 is 0 Å². The minimum Gasteiger partial charge on any atom is -0.337 e. The van der Waals surface area contributed by atoms with E-state index in [9.17, 15) is 4.39 Å². The molecule has 0 bridgehead atoms. The Hall–Kier alpha value is -3.08. The molecule has 1 N–H and O–H groups in total. The molecule has 0 saturated heterocycles. The summed E-state index contributed by atoms with van der Waals surface area (Å²) in [5.74, 6) is 0.627. The maximum absolute atomic E-state index is 14.8. The largest absolute Gasteiger partial charge is 0.337 e. The summed E-state index contributed by atoms with van der Waals surface area (Å²) in [5, 5.41) is 0. The number of hydrogen-bond acceptors (Lipinski definition) is 3. The van der Waals surface area contributed by atoms with Crippen molar-refractivity contribution < 1.29 is 4.39 Å². The third kappa shape index (κ3) is 2.65. The minimum atomic E-state index is -1.37. The summed E-state index contributed by atoms with van der Waals surface area (Å²) in [5.41, 5.74) is 3.87. The summed E-state index contributed by atoms with van der Waals surface area (Å²) in [6.45, 7) is 1.84. The second kappa shape index (κ2) is 5.85. The molecule has 3 heterocycles. The van der Waals surface area contributed by atoms with Gasteiger partial charge in [-0.05, 0) is 43.3 Å². The van der Waals surface area contributed by atoms with Crippen molar-refractivity contribution in [3.63, 3.8) is 0 Å². The van der Waals surface area contributed by atoms with Crippen LogP contribution in [0.15, 0.2) is 60.7 Å². The lowest BCUT2D eigenvalue weighted by atomic mass is 10.1. The fraction of sp³-hybridized carbons (Fsp3) is 0.105. The normalized spacial score (nSPS) is 12.4. The van der Waals surface area contributed by atoms with Gasteiger partial charge in [-0.25, -0.2) is 14.4 Å². The summed E-state index contributed by atoms with van der Waals surface area (Å²) < 4.78 is 14.8. The predicted molar refractivity (Wildman–Crippen MR) is 91.2 cm³/mol. The lowest BCUT2D eigenvalue weighted by Gasteiger charge is -2.09. The Morgan fingerprint density at radius 2 is 1.58 bits per heavy atom. The lowest BCUT2D eigenvalue weighted by molar-refractivity contribution is 0.384. The minimum absolute atomic E-state index is 0.325. The van der Waals surface area contributed by atoms with E-state index in [1.807, 2.05) is 43.3 Å². The first kappa shape index (κ1) is 14.5. The molecule has 3 aromatic heterocycles. The van der Waals surface area contributed by atoms with Crippen LogP contribution in [0.4, 0.5) is 4.39 Å². The van der Waals surface area contributed by atoms with Gasteiger partial charge in [0.25, 0.3) is 0 Å². The van der Waals surface area contributed by atoms with Crippen molar-refractivity contribution in [1.29, 1.82) is 0 Å². The van der Waals surface area contributed by atoms with Gasteiger partial charge in [-0.1, -0.05) is 24.3 Å². The molecule has 4 aromatic rings. The fourth-order valence-corrected chi connectivity index (χ4v) is 2.66. The fourth-order valence-electron chi connectivity index (χ4n) is 2.66. The molecule has 0 saturated carbocycles. The van der Waals surface area contributed by atoms with Crippen molar-refractivity contribution >= 4 is 11.0 Å². The first-order chi connectivity index (χ1) is 11.7. The van der Waals surface area contributed by atoms with Crippen molar-refractivity contribution in [2.45, 2.75) is 13.1 Å². The molecule has 0 aliphatic rings. The molecule has 5 heteroatoms. The Balaban J connectivity index is 1.73. The van der Waals surface area contributed by atoms with Crippen LogP contribution in [-0.4, -0.2) is 19.9 Å². The second-order valence-corrected chi connectivity index (χ2v) is 5.62. The van der Waals surface area contributed by atoms with Gasteiger partial charge in [0, 0.05) is 5.69 Å². The van der Waals surface area contributed by atoms with Gasteiger partial charge in [-0.15, -0.1) is 0 Å². The average Bonchev–Trinajstić information content (AvgIpc) is 3.05. The van der Waals surface area contributed by atoms with Crippen molar-refractivity contribution in [2.75, 3.05) is 0 Å². The number of imidazole rings is 1. The maximum atomic E-state index is 14.8. The highest BCUT2D eigenvalue weighted by atomic mass is 19.1. The number of aryl methyl sites for hydroxylation is 1. The van der Waals surface area contributed by atoms with Crippen LogP contribution < -0.4 is 0 Å². The highest BCUT2D eigenvalue weighted by molar-refractivity contribution is 5.78. The number of aromatic amines is 1. The Bertz CT molecular complexity index is 976. The first-order valence-electron chi connectivity index (χ1n) is 7.70. The van der Waals surface area contributed by atoms with Gasteiger partial charge in [0.15, 0.2) is 12.0 Å². The summed E-state index contributed by atoms with van der Waals surface area (Å²) in [4.78, 5) is 16.4. The van der Waals surface area contributed by atoms with E-state index < -0.39 is 6.17 Å². The smallest absolute Gasteiger partial charge is 0.184 e. The van der Waals surface area contributed by atoms with Crippen LogP contribution in [-0.2, 0) is 0 Å². The number of fused-ring (bicyclic) bond motifs is 1. The SMILES string of the molecule is Cc1cccc(C(F)c2cccc(-c3nc4ccccc4[nH]3)n2)n1. The van der Waals surface area contributed by atoms with Crippen LogP contribution in [0.3, 0.4) is 0 Å². The van der Waals surface area contributed by atoms with Crippen molar-refractivity contribution in [1.82, 2.24) is 19.9 Å². The molecule has 118 valence electrons. The molecule has 0 aliphatic carbocycles. The number of aromatic nitrogens is 4. The van der Waals surface area contributed by atoms with Crippen LogP contribution in [0.1, 0.15) is 23.3 Å². The van der Waals surface area contributed by atoms with Crippen LogP contribution in [0, 0.1) is 6.92 Å². The van der Waals surface area contributed by atoms with E-state index in [1.54, 1.807) is 24.3 Å². The number of nitrogens with one attached hydrogen (secondary N) is 1. The zero-order valence-corrected chi connectivity index (χ0v) is 13.1. The number of benzene rings is 1. The highest BCUT2D eigenvalue weighted by Gasteiger charge is 2.17. The third-order valence-corrected chi connectivity index (χ3v) is 3.83. The monoisotopic (exact) mass is 318 g/mol. The zero-order chi connectivity index (χ0) is 16.5. The first-order valence-corrected chi connectivity index (χ1v) is 7.70. The molecule has 0 radical (unpaired) electrons. The number of alkyl halides is 1. The molecule has 0 spiro atoms. The van der Waals surface area contributed by atoms with Gasteiger partial charge in [0.2, 0.25) is 0 Å². The maximum Gasteiger partial charge on any atom is 0.184 e. The van der Waals surface area contributed by atoms with Crippen molar-refractivity contribution in [3.05, 3.63) is 77.7 Å². The zero-order valence-electron chi connectivity index (χ0n) is 13.1. The number of pyridine rings is 2. The molecular formula is C19H15FN4. The number of nitrogens with zero attached hydrogens (tertiary/aromatic N) is 3. The molecule has 0 aliphatic heterocycles. The van der Waals surface area contributed by atoms with E-state index in [4.69, 9.17) is 0 Å². The van der Waals surface area contributed by atoms with Gasteiger partial charge < -0.3 is 4.98 Å². The van der Waals surface area contributed by atoms with Crippen molar-refractivity contribution in [2.24, 2.45) is 0 Å². The molecule has 0 amide bonds. The van der Waals surface area contributed by atoms with Crippen LogP contribution in [0.25, 0.3) is 22.6 Å². The van der Waals surface area contributed by atoms with Crippen LogP contribution in [0.2, 0.25) is 0 Å². The number of hydrogen-bond donors (Lipinski definition) is 1. The molecular weight excluding hydrogens is 303 g/mol. The molecule has 4 nitrogen and oxygen atoms in total. The summed E-state index contributed by atoms with van der Waals surface area (Å²) in [6, 6.07) is 18.3. The second-order valence-electron chi connectivity index (χ2n) is 5.62. The van der Waals surface area contributed by atoms with Crippen molar-refractivity contribution in [3.8, 4) is 11.5 Å². The predicted octanol–water partition coefficient (Wildman–Crippen LogP) is 4.39. The Labute approximate surface area is 138 Å². The Morgan fingerprint density at radius 1 is 0.833 bits per heavy atom. The molecule has 0 fully saturated rings. The number of rotatable bonds is 3. The van der Waals surface area contributed by atoms with Crippen LogP contribution in [0.5, 0.6) is 0 Å². The Morgan fingerprint density at radius 3 is 2.38 bits per heavy atom. The topological polar surface area (TPSA) is 54.5 Å². The van der Waals surface area contributed by atoms with Gasteiger partial charge in [0.05, 0.1) is 22.4 Å². The van der Waals surface area contributed by atoms with Gasteiger partial charge >= 0.3 is 0 Å². The van der Waals surface area contributed by atoms with E-state index in [0.717, 1.165) is 16.7 Å². The number of H-pyrrole nitrogens is 1. The molecule has 1 aromatic carbocycles. The van der Waals surface area contributed by atoms with Gasteiger partial charge in [0.1, 0.15) is 5.69 Å². The van der Waals surface area contributed by atoms with E-state index in [-0.39, 0.29) is 0 Å². The highest BCUT2D eigenvalue weighted by Crippen LogP contribution is 2.26. The summed E-state index contributed by atoms with van der Waals surface area (Å²) in [7, 11) is 0. The number of para-hydroxylation sites is 2. The quantitative estimate of drug-likeness (QED) is 0.609. The molecule has 4 rings (SSSR count). The molecule has 1 atom stereocenters. The molecule has 1 unspecified atom stereocenters. The van der Waals surface area contributed by atoms with E-state index in [2.05, 4.69) is 19.9 Å². The van der Waals surface area contributed by atoms with Crippen LogP contribution >= 0.6 is 0 Å². The molecule has 24 heavy (non-hydrogen) atoms. The number of halogens is 1. The summed E-state index contributed by atoms with van der Waals surface area (Å²) in [6.07, 6.45) is -1.37. The standard InChI is InChI=1S/C19H15FN4/c1-12-6-4-9-15(21-12)18(20)16-10-5-11-17(22-16)19-23-13-7-2-3-8-14(13)24-19/h2-11,18H,1H3,(H,23,24). The van der Waals surface area contributed by atoms with Gasteiger partial charge in [-0.2, -0.15) is 0 Å². The van der Waals surface area contributed by atoms with Gasteiger partial charge in [-0.3, -0.25) is 4.98 Å². The summed E-state index contributed by atoms with van der Waals surface area (Å²) >= 11 is 0. The van der Waals surface area contributed by atoms with E-state index in [0.29, 0.717) is 22.9 Å². The third-order valence-electron chi connectivity index (χ3n) is 3.83. The van der Waals surface area contributed by atoms with E-state index in [1.165, 1.54) is 0 Å². The Kier molecular flexibility index (Phi) is 3.54.